The number of hydrogen-bond acceptors (Lipinski definition) is 4. The monoisotopic (exact) mass is 318 g/mol. The van der Waals surface area contributed by atoms with Crippen molar-refractivity contribution in [2.45, 2.75) is 38.3 Å². The minimum atomic E-state index is -0.0703. The molecule has 2 saturated heterocycles. The molecular formula is C18H26N2O3. The van der Waals surface area contributed by atoms with Gasteiger partial charge in [-0.05, 0) is 44.0 Å². The fourth-order valence-corrected chi connectivity index (χ4v) is 3.26. The van der Waals surface area contributed by atoms with E-state index in [9.17, 15) is 4.79 Å². The molecule has 23 heavy (non-hydrogen) atoms. The van der Waals surface area contributed by atoms with Gasteiger partial charge in [-0.25, -0.2) is 0 Å². The molecule has 1 N–H and O–H groups in total. The van der Waals surface area contributed by atoms with Gasteiger partial charge in [-0.1, -0.05) is 13.0 Å². The third kappa shape index (κ3) is 4.24. The molecule has 5 nitrogen and oxygen atoms in total. The Bertz CT molecular complexity index is 535. The van der Waals surface area contributed by atoms with Gasteiger partial charge in [-0.2, -0.15) is 0 Å². The van der Waals surface area contributed by atoms with Crippen LogP contribution in [0.1, 0.15) is 36.5 Å². The topological polar surface area (TPSA) is 50.8 Å². The lowest BCUT2D eigenvalue weighted by molar-refractivity contribution is -0.0461. The molecular weight excluding hydrogens is 292 g/mol. The first kappa shape index (κ1) is 16.3. The van der Waals surface area contributed by atoms with Gasteiger partial charge in [0.25, 0.3) is 5.91 Å². The molecule has 2 fully saturated rings. The minimum absolute atomic E-state index is 0.0703. The molecule has 0 bridgehead atoms. The third-order valence-corrected chi connectivity index (χ3v) is 4.52. The molecule has 126 valence electrons. The number of amides is 1. The lowest BCUT2D eigenvalue weighted by atomic mass is 10.1. The third-order valence-electron chi connectivity index (χ3n) is 4.52. The molecule has 1 amide bonds. The van der Waals surface area contributed by atoms with Crippen LogP contribution in [0.4, 0.5) is 0 Å². The predicted octanol–water partition coefficient (Wildman–Crippen LogP) is 2.07. The molecule has 0 spiro atoms. The summed E-state index contributed by atoms with van der Waals surface area (Å²) in [5.74, 6) is 0.674. The summed E-state index contributed by atoms with van der Waals surface area (Å²) in [5.41, 5.74) is 0.633. The summed E-state index contributed by atoms with van der Waals surface area (Å²) in [6.07, 6.45) is 3.54. The van der Waals surface area contributed by atoms with Gasteiger partial charge in [-0.15, -0.1) is 0 Å². The zero-order valence-corrected chi connectivity index (χ0v) is 13.8. The molecule has 3 rings (SSSR count). The van der Waals surface area contributed by atoms with Crippen LogP contribution < -0.4 is 10.1 Å². The van der Waals surface area contributed by atoms with E-state index in [0.717, 1.165) is 31.9 Å². The van der Waals surface area contributed by atoms with E-state index in [1.807, 2.05) is 18.2 Å². The fourth-order valence-electron chi connectivity index (χ4n) is 3.26. The van der Waals surface area contributed by atoms with E-state index in [0.29, 0.717) is 24.8 Å². The summed E-state index contributed by atoms with van der Waals surface area (Å²) in [6, 6.07) is 7.93. The highest BCUT2D eigenvalue weighted by Crippen LogP contribution is 2.22. The first-order valence-electron chi connectivity index (χ1n) is 8.63. The zero-order valence-electron chi connectivity index (χ0n) is 13.8. The maximum atomic E-state index is 12.3. The van der Waals surface area contributed by atoms with E-state index in [4.69, 9.17) is 9.47 Å². The van der Waals surface area contributed by atoms with E-state index in [-0.39, 0.29) is 12.0 Å². The van der Waals surface area contributed by atoms with Crippen LogP contribution in [-0.4, -0.2) is 55.8 Å². The maximum absolute atomic E-state index is 12.3. The highest BCUT2D eigenvalue weighted by molar-refractivity contribution is 5.94. The highest BCUT2D eigenvalue weighted by atomic mass is 16.5. The van der Waals surface area contributed by atoms with Crippen molar-refractivity contribution in [1.82, 2.24) is 10.2 Å². The number of carbonyl (C=O) groups is 1. The molecule has 1 aromatic rings. The van der Waals surface area contributed by atoms with Gasteiger partial charge in [0.15, 0.2) is 0 Å². The molecule has 0 unspecified atom stereocenters. The Morgan fingerprint density at radius 1 is 1.48 bits per heavy atom. The SMILES string of the molecule is CCCOc1cccc(C(=O)NC[C@H]2CN3CCC[C@H]3CO2)c1. The van der Waals surface area contributed by atoms with Crippen molar-refractivity contribution in [2.75, 3.05) is 32.8 Å². The molecule has 0 aliphatic carbocycles. The Balaban J connectivity index is 1.49. The van der Waals surface area contributed by atoms with Gasteiger partial charge in [0, 0.05) is 24.7 Å². The molecule has 2 atom stereocenters. The Labute approximate surface area is 137 Å². The van der Waals surface area contributed by atoms with E-state index in [2.05, 4.69) is 17.1 Å². The Kier molecular flexibility index (Phi) is 5.51. The lowest BCUT2D eigenvalue weighted by Crippen LogP contribution is -2.50. The number of carbonyl (C=O) groups excluding carboxylic acids is 1. The average Bonchev–Trinajstić information content (AvgIpc) is 3.05. The number of ether oxygens (including phenoxy) is 2. The molecule has 1 aromatic carbocycles. The Hall–Kier alpha value is -1.59. The zero-order chi connectivity index (χ0) is 16.1. The van der Waals surface area contributed by atoms with E-state index in [1.165, 1.54) is 12.8 Å². The lowest BCUT2D eigenvalue weighted by Gasteiger charge is -2.35. The Morgan fingerprint density at radius 2 is 2.39 bits per heavy atom. The van der Waals surface area contributed by atoms with Gasteiger partial charge >= 0.3 is 0 Å². The van der Waals surface area contributed by atoms with Gasteiger partial charge < -0.3 is 14.8 Å². The number of rotatable bonds is 6. The first-order valence-corrected chi connectivity index (χ1v) is 8.63. The molecule has 2 heterocycles. The van der Waals surface area contributed by atoms with Crippen LogP contribution in [0.15, 0.2) is 24.3 Å². The van der Waals surface area contributed by atoms with Crippen LogP contribution in [0.25, 0.3) is 0 Å². The maximum Gasteiger partial charge on any atom is 0.251 e. The van der Waals surface area contributed by atoms with Crippen LogP contribution in [-0.2, 0) is 4.74 Å². The van der Waals surface area contributed by atoms with Crippen molar-refractivity contribution < 1.29 is 14.3 Å². The molecule has 0 saturated carbocycles. The standard InChI is InChI=1S/C18H26N2O3/c1-2-9-22-16-7-3-5-14(10-16)18(21)19-11-17-12-20-8-4-6-15(20)13-23-17/h3,5,7,10,15,17H,2,4,6,8-9,11-13H2,1H3,(H,19,21)/t15-,17-/m0/s1. The smallest absolute Gasteiger partial charge is 0.251 e. The number of hydrogen-bond donors (Lipinski definition) is 1. The van der Waals surface area contributed by atoms with Crippen molar-refractivity contribution in [3.63, 3.8) is 0 Å². The number of morpholine rings is 1. The van der Waals surface area contributed by atoms with Crippen molar-refractivity contribution in [2.24, 2.45) is 0 Å². The van der Waals surface area contributed by atoms with Crippen LogP contribution in [0, 0.1) is 0 Å². The van der Waals surface area contributed by atoms with Gasteiger partial charge in [0.2, 0.25) is 0 Å². The molecule has 0 aromatic heterocycles. The van der Waals surface area contributed by atoms with Crippen molar-refractivity contribution in [1.29, 1.82) is 0 Å². The number of benzene rings is 1. The molecule has 0 radical (unpaired) electrons. The van der Waals surface area contributed by atoms with Gasteiger partial charge in [-0.3, -0.25) is 9.69 Å². The van der Waals surface area contributed by atoms with Gasteiger partial charge in [0.05, 0.1) is 19.3 Å². The van der Waals surface area contributed by atoms with Crippen LogP contribution in [0.2, 0.25) is 0 Å². The largest absolute Gasteiger partial charge is 0.494 e. The number of nitrogens with one attached hydrogen (secondary N) is 1. The molecule has 2 aliphatic rings. The Morgan fingerprint density at radius 3 is 3.26 bits per heavy atom. The first-order chi connectivity index (χ1) is 11.3. The molecule has 5 heteroatoms. The quantitative estimate of drug-likeness (QED) is 0.872. The fraction of sp³-hybridized carbons (Fsp3) is 0.611. The summed E-state index contributed by atoms with van der Waals surface area (Å²) in [6.45, 7) is 6.16. The summed E-state index contributed by atoms with van der Waals surface area (Å²) in [4.78, 5) is 14.8. The van der Waals surface area contributed by atoms with E-state index in [1.54, 1.807) is 6.07 Å². The molecule has 2 aliphatic heterocycles. The summed E-state index contributed by atoms with van der Waals surface area (Å²) < 4.78 is 11.5. The van der Waals surface area contributed by atoms with Crippen LogP contribution in [0.5, 0.6) is 5.75 Å². The normalized spacial score (nSPS) is 24.2. The highest BCUT2D eigenvalue weighted by Gasteiger charge is 2.32. The van der Waals surface area contributed by atoms with Crippen molar-refractivity contribution in [3.05, 3.63) is 29.8 Å². The van der Waals surface area contributed by atoms with Gasteiger partial charge in [0.1, 0.15) is 5.75 Å². The number of fused-ring (bicyclic) bond motifs is 1. The van der Waals surface area contributed by atoms with Crippen LogP contribution >= 0.6 is 0 Å². The van der Waals surface area contributed by atoms with Crippen molar-refractivity contribution in [3.8, 4) is 5.75 Å². The summed E-state index contributed by atoms with van der Waals surface area (Å²) in [7, 11) is 0. The number of nitrogens with zero attached hydrogens (tertiary/aromatic N) is 1. The summed E-state index contributed by atoms with van der Waals surface area (Å²) >= 11 is 0. The second kappa shape index (κ2) is 7.79. The second-order valence-electron chi connectivity index (χ2n) is 6.33. The summed E-state index contributed by atoms with van der Waals surface area (Å²) in [5, 5.41) is 2.99. The van der Waals surface area contributed by atoms with E-state index < -0.39 is 0 Å². The average molecular weight is 318 g/mol. The van der Waals surface area contributed by atoms with Crippen LogP contribution in [0.3, 0.4) is 0 Å². The predicted molar refractivity (Wildman–Crippen MR) is 88.9 cm³/mol. The second-order valence-corrected chi connectivity index (χ2v) is 6.33. The minimum Gasteiger partial charge on any atom is -0.494 e. The van der Waals surface area contributed by atoms with Crippen molar-refractivity contribution >= 4 is 5.91 Å². The van der Waals surface area contributed by atoms with E-state index >= 15 is 0 Å².